The van der Waals surface area contributed by atoms with Crippen LogP contribution >= 0.6 is 0 Å². The Labute approximate surface area is 154 Å². The van der Waals surface area contributed by atoms with Crippen molar-refractivity contribution in [2.24, 2.45) is 0 Å². The van der Waals surface area contributed by atoms with Gasteiger partial charge in [-0.1, -0.05) is 6.07 Å². The Kier molecular flexibility index (Phi) is 6.05. The van der Waals surface area contributed by atoms with E-state index in [1.54, 1.807) is 27.9 Å². The number of hydrogen-bond acceptors (Lipinski definition) is 4. The van der Waals surface area contributed by atoms with Gasteiger partial charge in [-0.05, 0) is 49.9 Å². The van der Waals surface area contributed by atoms with Gasteiger partial charge in [-0.3, -0.25) is 9.48 Å². The normalized spacial score (nSPS) is 15.2. The lowest BCUT2D eigenvalue weighted by Gasteiger charge is -2.26. The van der Waals surface area contributed by atoms with Crippen LogP contribution < -0.4 is 4.72 Å². The van der Waals surface area contributed by atoms with E-state index in [2.05, 4.69) is 9.82 Å². The number of aryl methyl sites for hydroxylation is 1. The fourth-order valence-electron chi connectivity index (χ4n) is 3.04. The Hall–Kier alpha value is -2.19. The Bertz CT molecular complexity index is 828. The minimum atomic E-state index is -3.64. The number of carbonyl (C=O) groups excluding carboxylic acids is 1. The molecule has 0 saturated carbocycles. The molecule has 1 aliphatic rings. The Balaban J connectivity index is 1.61. The Morgan fingerprint density at radius 1 is 1.15 bits per heavy atom. The molecule has 2 heterocycles. The highest BCUT2D eigenvalue weighted by Crippen LogP contribution is 2.16. The van der Waals surface area contributed by atoms with Crippen LogP contribution in [0.4, 0.5) is 0 Å². The molecule has 1 amide bonds. The smallest absolute Gasteiger partial charge is 0.253 e. The van der Waals surface area contributed by atoms with Crippen molar-refractivity contribution in [2.75, 3.05) is 19.6 Å². The molecule has 0 bridgehead atoms. The van der Waals surface area contributed by atoms with E-state index < -0.39 is 10.0 Å². The van der Waals surface area contributed by atoms with Crippen LogP contribution in [0.15, 0.2) is 47.6 Å². The fourth-order valence-corrected chi connectivity index (χ4v) is 4.16. The summed E-state index contributed by atoms with van der Waals surface area (Å²) in [5.74, 6) is -0.0968. The molecule has 0 unspecified atom stereocenters. The topological polar surface area (TPSA) is 84.3 Å². The molecule has 3 rings (SSSR count). The molecule has 7 nitrogen and oxygen atoms in total. The van der Waals surface area contributed by atoms with E-state index in [1.807, 2.05) is 12.3 Å². The van der Waals surface area contributed by atoms with Crippen molar-refractivity contribution in [3.8, 4) is 0 Å². The number of aromatic nitrogens is 2. The minimum Gasteiger partial charge on any atom is -0.339 e. The van der Waals surface area contributed by atoms with Crippen LogP contribution in [0.1, 0.15) is 36.0 Å². The quantitative estimate of drug-likeness (QED) is 0.748. The molecule has 0 aliphatic carbocycles. The molecule has 2 aromatic rings. The first-order valence-electron chi connectivity index (χ1n) is 8.93. The molecule has 1 fully saturated rings. The first-order valence-corrected chi connectivity index (χ1v) is 10.4. The van der Waals surface area contributed by atoms with Crippen LogP contribution in [0, 0.1) is 0 Å². The lowest BCUT2D eigenvalue weighted by molar-refractivity contribution is 0.0724. The highest BCUT2D eigenvalue weighted by molar-refractivity contribution is 7.89. The van der Waals surface area contributed by atoms with Gasteiger partial charge in [0.2, 0.25) is 10.0 Å². The van der Waals surface area contributed by atoms with Crippen molar-refractivity contribution >= 4 is 15.9 Å². The second-order valence-electron chi connectivity index (χ2n) is 6.40. The van der Waals surface area contributed by atoms with Crippen molar-refractivity contribution in [1.29, 1.82) is 0 Å². The van der Waals surface area contributed by atoms with E-state index in [4.69, 9.17) is 0 Å². The molecule has 140 valence electrons. The summed E-state index contributed by atoms with van der Waals surface area (Å²) in [7, 11) is -3.64. The molecular weight excluding hydrogens is 352 g/mol. The molecule has 0 radical (unpaired) electrons. The van der Waals surface area contributed by atoms with Crippen molar-refractivity contribution in [3.05, 3.63) is 48.3 Å². The maximum atomic E-state index is 12.6. The number of nitrogens with zero attached hydrogens (tertiary/aromatic N) is 3. The fraction of sp³-hybridized carbons (Fsp3) is 0.444. The Morgan fingerprint density at radius 2 is 1.96 bits per heavy atom. The number of carbonyl (C=O) groups is 1. The van der Waals surface area contributed by atoms with Gasteiger partial charge in [0, 0.05) is 44.1 Å². The number of hydrogen-bond donors (Lipinski definition) is 1. The van der Waals surface area contributed by atoms with E-state index in [1.165, 1.54) is 12.1 Å². The molecule has 1 saturated heterocycles. The van der Waals surface area contributed by atoms with E-state index in [0.29, 0.717) is 25.1 Å². The van der Waals surface area contributed by atoms with Gasteiger partial charge in [-0.2, -0.15) is 5.10 Å². The van der Waals surface area contributed by atoms with Gasteiger partial charge in [0.05, 0.1) is 4.90 Å². The molecule has 1 aliphatic heterocycles. The summed E-state index contributed by atoms with van der Waals surface area (Å²) in [6.45, 7) is 2.43. The summed E-state index contributed by atoms with van der Waals surface area (Å²) in [6, 6.07) is 8.10. The zero-order valence-corrected chi connectivity index (χ0v) is 15.5. The SMILES string of the molecule is O=C(c1cccc(S(=O)(=O)NCCCn2cccn2)c1)N1CCCCC1. The molecule has 1 N–H and O–H groups in total. The minimum absolute atomic E-state index is 0.0968. The molecule has 26 heavy (non-hydrogen) atoms. The maximum absolute atomic E-state index is 12.6. The predicted molar refractivity (Wildman–Crippen MR) is 98.2 cm³/mol. The van der Waals surface area contributed by atoms with Crippen molar-refractivity contribution in [2.45, 2.75) is 37.1 Å². The summed E-state index contributed by atoms with van der Waals surface area (Å²) in [6.07, 6.45) is 7.30. The lowest BCUT2D eigenvalue weighted by Crippen LogP contribution is -2.35. The van der Waals surface area contributed by atoms with E-state index in [0.717, 1.165) is 32.4 Å². The van der Waals surface area contributed by atoms with Crippen molar-refractivity contribution < 1.29 is 13.2 Å². The van der Waals surface area contributed by atoms with Gasteiger partial charge in [0.25, 0.3) is 5.91 Å². The average molecular weight is 376 g/mol. The maximum Gasteiger partial charge on any atom is 0.253 e. The first-order chi connectivity index (χ1) is 12.6. The molecule has 0 atom stereocenters. The number of piperidine rings is 1. The highest BCUT2D eigenvalue weighted by Gasteiger charge is 2.20. The summed E-state index contributed by atoms with van der Waals surface area (Å²) < 4.78 is 29.3. The third-order valence-corrected chi connectivity index (χ3v) is 5.91. The van der Waals surface area contributed by atoms with Gasteiger partial charge in [-0.15, -0.1) is 0 Å². The van der Waals surface area contributed by atoms with Crippen LogP contribution in [-0.4, -0.2) is 48.6 Å². The number of sulfonamides is 1. The van der Waals surface area contributed by atoms with Crippen molar-refractivity contribution in [1.82, 2.24) is 19.4 Å². The molecular formula is C18H24N4O3S. The van der Waals surface area contributed by atoms with Crippen LogP contribution in [0.2, 0.25) is 0 Å². The first kappa shape index (κ1) is 18.6. The zero-order chi connectivity index (χ0) is 18.4. The third kappa shape index (κ3) is 4.70. The molecule has 1 aromatic heterocycles. The van der Waals surface area contributed by atoms with Gasteiger partial charge in [0.15, 0.2) is 0 Å². The average Bonchev–Trinajstić information content (AvgIpc) is 3.19. The van der Waals surface area contributed by atoms with Crippen LogP contribution in [0.25, 0.3) is 0 Å². The number of rotatable bonds is 7. The number of benzene rings is 1. The van der Waals surface area contributed by atoms with Crippen molar-refractivity contribution in [3.63, 3.8) is 0 Å². The largest absolute Gasteiger partial charge is 0.339 e. The summed E-state index contributed by atoms with van der Waals surface area (Å²) >= 11 is 0. The number of likely N-dealkylation sites (tertiary alicyclic amines) is 1. The van der Waals surface area contributed by atoms with Gasteiger partial charge < -0.3 is 4.90 Å². The second kappa shape index (κ2) is 8.46. The van der Waals surface area contributed by atoms with E-state index >= 15 is 0 Å². The Morgan fingerprint density at radius 3 is 2.69 bits per heavy atom. The lowest BCUT2D eigenvalue weighted by atomic mass is 10.1. The van der Waals surface area contributed by atoms with E-state index in [-0.39, 0.29) is 10.8 Å². The molecule has 1 aromatic carbocycles. The van der Waals surface area contributed by atoms with Crippen LogP contribution in [0.5, 0.6) is 0 Å². The monoisotopic (exact) mass is 376 g/mol. The van der Waals surface area contributed by atoms with Crippen LogP contribution in [-0.2, 0) is 16.6 Å². The van der Waals surface area contributed by atoms with Gasteiger partial charge in [0.1, 0.15) is 0 Å². The number of amides is 1. The molecule has 0 spiro atoms. The highest BCUT2D eigenvalue weighted by atomic mass is 32.2. The van der Waals surface area contributed by atoms with Gasteiger partial charge >= 0.3 is 0 Å². The number of nitrogens with one attached hydrogen (secondary N) is 1. The summed E-state index contributed by atoms with van der Waals surface area (Å²) in [5.41, 5.74) is 0.423. The van der Waals surface area contributed by atoms with Gasteiger partial charge in [-0.25, -0.2) is 13.1 Å². The predicted octanol–water partition coefficient (Wildman–Crippen LogP) is 1.88. The molecule has 8 heteroatoms. The summed E-state index contributed by atoms with van der Waals surface area (Å²) in [4.78, 5) is 14.5. The van der Waals surface area contributed by atoms with Crippen LogP contribution in [0.3, 0.4) is 0 Å². The second-order valence-corrected chi connectivity index (χ2v) is 8.17. The van der Waals surface area contributed by atoms with E-state index in [9.17, 15) is 13.2 Å². The third-order valence-electron chi connectivity index (χ3n) is 4.45. The summed E-state index contributed by atoms with van der Waals surface area (Å²) in [5, 5.41) is 4.08. The standard InChI is InChI=1S/C18H24N4O3S/c23-18(21-11-2-1-3-12-21)16-7-4-8-17(15-16)26(24,25)20-10-6-14-22-13-5-9-19-22/h4-5,7-9,13,15,20H,1-3,6,10-12,14H2. The zero-order valence-electron chi connectivity index (χ0n) is 14.7.